The quantitative estimate of drug-likeness (QED) is 0.744. The van der Waals surface area contributed by atoms with Crippen LogP contribution >= 0.6 is 0 Å². The number of hydrogen-bond donors (Lipinski definition) is 1. The van der Waals surface area contributed by atoms with Crippen LogP contribution in [0, 0.1) is 0 Å². The van der Waals surface area contributed by atoms with E-state index >= 15 is 0 Å². The largest absolute Gasteiger partial charge is 0.416 e. The van der Waals surface area contributed by atoms with E-state index in [9.17, 15) is 18.0 Å². The fraction of sp³-hybridized carbons (Fsp3) is 0.0769. The molecular weight excluding hydrogens is 271 g/mol. The number of halogens is 3. The van der Waals surface area contributed by atoms with Crippen LogP contribution in [-0.4, -0.2) is 14.6 Å². The SMILES string of the molecule is O=c1ccn2c(-c3ccc(C(F)(F)F)cc3)n[nH]c2c1. The molecule has 1 aromatic carbocycles. The minimum absolute atomic E-state index is 0.174. The molecule has 2 aromatic heterocycles. The van der Waals surface area contributed by atoms with E-state index in [0.717, 1.165) is 12.1 Å². The number of alkyl halides is 3. The lowest BCUT2D eigenvalue weighted by atomic mass is 10.1. The number of rotatable bonds is 1. The van der Waals surface area contributed by atoms with Crippen molar-refractivity contribution in [2.75, 3.05) is 0 Å². The summed E-state index contributed by atoms with van der Waals surface area (Å²) in [6.45, 7) is 0. The van der Waals surface area contributed by atoms with Gasteiger partial charge < -0.3 is 0 Å². The van der Waals surface area contributed by atoms with Gasteiger partial charge in [-0.2, -0.15) is 18.3 Å². The van der Waals surface area contributed by atoms with Gasteiger partial charge in [0.05, 0.1) is 5.56 Å². The van der Waals surface area contributed by atoms with Crippen molar-refractivity contribution in [2.24, 2.45) is 0 Å². The van der Waals surface area contributed by atoms with Gasteiger partial charge in [0, 0.05) is 23.9 Å². The van der Waals surface area contributed by atoms with E-state index in [2.05, 4.69) is 10.2 Å². The van der Waals surface area contributed by atoms with Crippen LogP contribution in [0.2, 0.25) is 0 Å². The Morgan fingerprint density at radius 2 is 1.80 bits per heavy atom. The lowest BCUT2D eigenvalue weighted by Gasteiger charge is -2.06. The molecule has 0 atom stereocenters. The molecular formula is C13H8F3N3O. The monoisotopic (exact) mass is 279 g/mol. The minimum Gasteiger partial charge on any atom is -0.290 e. The summed E-state index contributed by atoms with van der Waals surface area (Å²) in [7, 11) is 0. The smallest absolute Gasteiger partial charge is 0.290 e. The first kappa shape index (κ1) is 12.5. The number of fused-ring (bicyclic) bond motifs is 1. The molecule has 7 heteroatoms. The molecule has 0 bridgehead atoms. The molecule has 0 aliphatic rings. The lowest BCUT2D eigenvalue weighted by molar-refractivity contribution is -0.137. The Morgan fingerprint density at radius 3 is 2.45 bits per heavy atom. The van der Waals surface area contributed by atoms with Crippen LogP contribution < -0.4 is 5.43 Å². The first-order chi connectivity index (χ1) is 9.45. The molecule has 0 aliphatic heterocycles. The summed E-state index contributed by atoms with van der Waals surface area (Å²) < 4.78 is 39.1. The van der Waals surface area contributed by atoms with Gasteiger partial charge in [0.25, 0.3) is 0 Å². The molecule has 0 aliphatic carbocycles. The van der Waals surface area contributed by atoms with Crippen molar-refractivity contribution in [1.82, 2.24) is 14.6 Å². The van der Waals surface area contributed by atoms with Crippen molar-refractivity contribution in [1.29, 1.82) is 0 Å². The van der Waals surface area contributed by atoms with Crippen LogP contribution in [0.1, 0.15) is 5.56 Å². The number of aromatic nitrogens is 3. The molecule has 0 saturated heterocycles. The molecule has 0 amide bonds. The van der Waals surface area contributed by atoms with Crippen molar-refractivity contribution in [3.8, 4) is 11.4 Å². The lowest BCUT2D eigenvalue weighted by Crippen LogP contribution is -2.04. The fourth-order valence-corrected chi connectivity index (χ4v) is 1.93. The highest BCUT2D eigenvalue weighted by Crippen LogP contribution is 2.30. The molecule has 0 saturated carbocycles. The second-order valence-electron chi connectivity index (χ2n) is 4.24. The Kier molecular flexibility index (Phi) is 2.63. The van der Waals surface area contributed by atoms with Gasteiger partial charge in [-0.25, -0.2) is 0 Å². The summed E-state index contributed by atoms with van der Waals surface area (Å²) in [5.74, 6) is 0.439. The maximum Gasteiger partial charge on any atom is 0.416 e. The van der Waals surface area contributed by atoms with E-state index in [0.29, 0.717) is 17.0 Å². The number of aromatic amines is 1. The zero-order valence-electron chi connectivity index (χ0n) is 9.98. The number of H-pyrrole nitrogens is 1. The van der Waals surface area contributed by atoms with Crippen molar-refractivity contribution in [3.05, 3.63) is 58.4 Å². The molecule has 0 radical (unpaired) electrons. The number of pyridine rings is 1. The van der Waals surface area contributed by atoms with Gasteiger partial charge in [0.15, 0.2) is 11.3 Å². The summed E-state index contributed by atoms with van der Waals surface area (Å²) in [6, 6.07) is 7.40. The van der Waals surface area contributed by atoms with Gasteiger partial charge in [-0.15, -0.1) is 0 Å². The first-order valence-electron chi connectivity index (χ1n) is 5.69. The third-order valence-electron chi connectivity index (χ3n) is 2.90. The van der Waals surface area contributed by atoms with Crippen molar-refractivity contribution in [3.63, 3.8) is 0 Å². The number of hydrogen-bond acceptors (Lipinski definition) is 2. The second kappa shape index (κ2) is 4.22. The van der Waals surface area contributed by atoms with E-state index in [4.69, 9.17) is 0 Å². The van der Waals surface area contributed by atoms with Gasteiger partial charge in [0.1, 0.15) is 5.65 Å². The van der Waals surface area contributed by atoms with Crippen LogP contribution in [0.15, 0.2) is 47.4 Å². The zero-order chi connectivity index (χ0) is 14.3. The summed E-state index contributed by atoms with van der Waals surface area (Å²) in [6.07, 6.45) is -2.84. The Balaban J connectivity index is 2.09. The number of nitrogens with zero attached hydrogens (tertiary/aromatic N) is 2. The van der Waals surface area contributed by atoms with Gasteiger partial charge in [-0.1, -0.05) is 12.1 Å². The Labute approximate surface area is 110 Å². The van der Waals surface area contributed by atoms with Crippen LogP contribution in [-0.2, 0) is 6.18 Å². The van der Waals surface area contributed by atoms with E-state index < -0.39 is 11.7 Å². The van der Waals surface area contributed by atoms with E-state index in [1.165, 1.54) is 30.5 Å². The maximum absolute atomic E-state index is 12.5. The summed E-state index contributed by atoms with van der Waals surface area (Å²) in [5, 5.41) is 6.68. The summed E-state index contributed by atoms with van der Waals surface area (Å²) in [4.78, 5) is 11.2. The third kappa shape index (κ3) is 2.07. The molecule has 20 heavy (non-hydrogen) atoms. The highest BCUT2D eigenvalue weighted by atomic mass is 19.4. The molecule has 0 fully saturated rings. The Bertz CT molecular complexity index is 815. The predicted molar refractivity (Wildman–Crippen MR) is 66.3 cm³/mol. The zero-order valence-corrected chi connectivity index (χ0v) is 9.98. The predicted octanol–water partition coefficient (Wildman–Crippen LogP) is 2.71. The second-order valence-corrected chi connectivity index (χ2v) is 4.24. The fourth-order valence-electron chi connectivity index (χ4n) is 1.93. The van der Waals surface area contributed by atoms with Crippen molar-refractivity contribution >= 4 is 5.65 Å². The van der Waals surface area contributed by atoms with E-state index in [-0.39, 0.29) is 5.43 Å². The molecule has 0 unspecified atom stereocenters. The van der Waals surface area contributed by atoms with Crippen molar-refractivity contribution in [2.45, 2.75) is 6.18 Å². The highest BCUT2D eigenvalue weighted by Gasteiger charge is 2.30. The summed E-state index contributed by atoms with van der Waals surface area (Å²) in [5.41, 5.74) is 0.112. The molecule has 3 rings (SSSR count). The standard InChI is InChI=1S/C13H8F3N3O/c14-13(15,16)9-3-1-8(2-4-9)12-18-17-11-7-10(20)5-6-19(11)12/h1-7,17H. The van der Waals surface area contributed by atoms with Gasteiger partial charge in [0.2, 0.25) is 0 Å². The van der Waals surface area contributed by atoms with Crippen LogP contribution in [0.5, 0.6) is 0 Å². The third-order valence-corrected chi connectivity index (χ3v) is 2.90. The average Bonchev–Trinajstić information content (AvgIpc) is 2.80. The molecule has 4 nitrogen and oxygen atoms in total. The molecule has 102 valence electrons. The highest BCUT2D eigenvalue weighted by molar-refractivity contribution is 5.59. The molecule has 1 N–H and O–H groups in total. The topological polar surface area (TPSA) is 50.2 Å². The van der Waals surface area contributed by atoms with Gasteiger partial charge in [-0.05, 0) is 12.1 Å². The Hall–Kier alpha value is -2.57. The minimum atomic E-state index is -4.36. The van der Waals surface area contributed by atoms with E-state index in [1.807, 2.05) is 0 Å². The van der Waals surface area contributed by atoms with Crippen LogP contribution in [0.3, 0.4) is 0 Å². The Morgan fingerprint density at radius 1 is 1.10 bits per heavy atom. The molecule has 0 spiro atoms. The molecule has 2 heterocycles. The average molecular weight is 279 g/mol. The molecule has 3 aromatic rings. The maximum atomic E-state index is 12.5. The first-order valence-corrected chi connectivity index (χ1v) is 5.69. The van der Waals surface area contributed by atoms with Gasteiger partial charge >= 0.3 is 6.18 Å². The number of nitrogens with one attached hydrogen (secondary N) is 1. The normalized spacial score (nSPS) is 11.9. The van der Waals surface area contributed by atoms with E-state index in [1.54, 1.807) is 4.40 Å². The summed E-state index contributed by atoms with van der Waals surface area (Å²) >= 11 is 0. The van der Waals surface area contributed by atoms with Crippen molar-refractivity contribution < 1.29 is 13.2 Å². The number of benzene rings is 1. The van der Waals surface area contributed by atoms with Crippen LogP contribution in [0.25, 0.3) is 17.0 Å². The van der Waals surface area contributed by atoms with Crippen LogP contribution in [0.4, 0.5) is 13.2 Å². The van der Waals surface area contributed by atoms with Gasteiger partial charge in [-0.3, -0.25) is 14.3 Å².